The van der Waals surface area contributed by atoms with Gasteiger partial charge in [0.1, 0.15) is 10.1 Å². The molecule has 2 aromatic carbocycles. The van der Waals surface area contributed by atoms with E-state index >= 15 is 0 Å². The minimum atomic E-state index is -0.150. The van der Waals surface area contributed by atoms with Crippen LogP contribution in [0.3, 0.4) is 0 Å². The molecule has 0 atom stereocenters. The number of carbonyl (C=O) groups is 2. The van der Waals surface area contributed by atoms with Gasteiger partial charge in [-0.05, 0) is 54.8 Å². The molecule has 1 saturated heterocycles. The molecule has 7 heteroatoms. The van der Waals surface area contributed by atoms with Gasteiger partial charge in [-0.1, -0.05) is 60.4 Å². The van der Waals surface area contributed by atoms with E-state index in [-0.39, 0.29) is 24.0 Å². The highest BCUT2D eigenvalue weighted by atomic mass is 32.2. The normalized spacial score (nSPS) is 15.7. The van der Waals surface area contributed by atoms with E-state index in [4.69, 9.17) is 12.2 Å². The zero-order valence-corrected chi connectivity index (χ0v) is 18.1. The van der Waals surface area contributed by atoms with Crippen molar-refractivity contribution in [2.24, 2.45) is 0 Å². The smallest absolute Gasteiger partial charge is 0.266 e. The van der Waals surface area contributed by atoms with Crippen molar-refractivity contribution in [2.45, 2.75) is 19.8 Å². The van der Waals surface area contributed by atoms with E-state index in [9.17, 15) is 14.7 Å². The number of carbonyl (C=O) groups excluding carboxylic acids is 2. The number of nitrogens with zero attached hydrogens (tertiary/aromatic N) is 1. The van der Waals surface area contributed by atoms with Gasteiger partial charge in [-0.2, -0.15) is 0 Å². The Bertz CT molecular complexity index is 999. The highest BCUT2D eigenvalue weighted by Gasteiger charge is 2.31. The lowest BCUT2D eigenvalue weighted by Gasteiger charge is -2.14. The molecule has 0 aromatic heterocycles. The molecule has 1 aliphatic heterocycles. The largest absolute Gasteiger partial charge is 0.508 e. The van der Waals surface area contributed by atoms with Crippen LogP contribution in [-0.4, -0.2) is 32.7 Å². The molecule has 154 valence electrons. The molecule has 0 unspecified atom stereocenters. The van der Waals surface area contributed by atoms with Crippen molar-refractivity contribution < 1.29 is 14.7 Å². The Labute approximate surface area is 185 Å². The second-order valence-corrected chi connectivity index (χ2v) is 8.51. The number of nitrogens with one attached hydrogen (secondary N) is 1. The van der Waals surface area contributed by atoms with E-state index in [1.165, 1.54) is 23.9 Å². The van der Waals surface area contributed by atoms with Crippen LogP contribution in [0.2, 0.25) is 0 Å². The molecule has 1 fully saturated rings. The molecule has 0 saturated carbocycles. The van der Waals surface area contributed by atoms with E-state index in [1.807, 2.05) is 49.4 Å². The molecule has 0 bridgehead atoms. The molecule has 3 rings (SSSR count). The van der Waals surface area contributed by atoms with Gasteiger partial charge in [0.25, 0.3) is 5.91 Å². The van der Waals surface area contributed by atoms with Crippen molar-refractivity contribution in [2.75, 3.05) is 11.9 Å². The van der Waals surface area contributed by atoms with Crippen LogP contribution in [0.1, 0.15) is 25.3 Å². The summed E-state index contributed by atoms with van der Waals surface area (Å²) in [6.45, 7) is 2.35. The van der Waals surface area contributed by atoms with E-state index in [2.05, 4.69) is 5.32 Å². The van der Waals surface area contributed by atoms with E-state index in [1.54, 1.807) is 17.0 Å². The number of hydrogen-bond donors (Lipinski definition) is 2. The molecular formula is C23H22N2O3S2. The van der Waals surface area contributed by atoms with Crippen molar-refractivity contribution in [3.63, 3.8) is 0 Å². The standard InChI is InChI=1S/C23H22N2O3S2/c1-16(14-17-6-3-2-4-7-17)15-20-22(28)25(23(29)30-20)13-5-8-21(27)24-18-9-11-19(26)12-10-18/h2-4,6-7,9-12,14-15,26H,5,8,13H2,1H3,(H,24,27). The first-order chi connectivity index (χ1) is 14.4. The van der Waals surface area contributed by atoms with E-state index < -0.39 is 0 Å². The van der Waals surface area contributed by atoms with Crippen molar-refractivity contribution in [3.8, 4) is 5.75 Å². The van der Waals surface area contributed by atoms with Gasteiger partial charge < -0.3 is 10.4 Å². The fourth-order valence-corrected chi connectivity index (χ4v) is 4.28. The minimum absolute atomic E-state index is 0.121. The van der Waals surface area contributed by atoms with Crippen LogP contribution in [0.25, 0.3) is 6.08 Å². The molecule has 5 nitrogen and oxygen atoms in total. The summed E-state index contributed by atoms with van der Waals surface area (Å²) in [5, 5.41) is 12.0. The lowest BCUT2D eigenvalue weighted by Crippen LogP contribution is -2.29. The second kappa shape index (κ2) is 10.2. The van der Waals surface area contributed by atoms with E-state index in [0.717, 1.165) is 11.1 Å². The third kappa shape index (κ3) is 6.05. The first kappa shape index (κ1) is 21.8. The Morgan fingerprint density at radius 3 is 2.57 bits per heavy atom. The third-order valence-electron chi connectivity index (χ3n) is 4.36. The number of thiocarbonyl (C=S) groups is 1. The topological polar surface area (TPSA) is 69.6 Å². The first-order valence-corrected chi connectivity index (χ1v) is 10.7. The summed E-state index contributed by atoms with van der Waals surface area (Å²) >= 11 is 6.64. The predicted octanol–water partition coefficient (Wildman–Crippen LogP) is 4.96. The number of hydrogen-bond acceptors (Lipinski definition) is 5. The first-order valence-electron chi connectivity index (χ1n) is 9.50. The van der Waals surface area contributed by atoms with E-state index in [0.29, 0.717) is 27.9 Å². The van der Waals surface area contributed by atoms with Crippen molar-refractivity contribution in [3.05, 3.63) is 76.7 Å². The molecule has 0 radical (unpaired) electrons. The monoisotopic (exact) mass is 438 g/mol. The Morgan fingerprint density at radius 2 is 1.87 bits per heavy atom. The average molecular weight is 439 g/mol. The number of thioether (sulfide) groups is 1. The average Bonchev–Trinajstić information content (AvgIpc) is 2.97. The van der Waals surface area contributed by atoms with Crippen LogP contribution >= 0.6 is 24.0 Å². The van der Waals surface area contributed by atoms with Crippen molar-refractivity contribution in [1.29, 1.82) is 0 Å². The van der Waals surface area contributed by atoms with Gasteiger partial charge in [0.2, 0.25) is 5.91 Å². The molecule has 1 heterocycles. The molecular weight excluding hydrogens is 416 g/mol. The number of anilines is 1. The zero-order chi connectivity index (χ0) is 21.5. The fourth-order valence-electron chi connectivity index (χ4n) is 2.92. The number of phenols is 1. The molecule has 30 heavy (non-hydrogen) atoms. The molecule has 2 N–H and O–H groups in total. The van der Waals surface area contributed by atoms with Crippen LogP contribution in [0.5, 0.6) is 5.75 Å². The second-order valence-electron chi connectivity index (χ2n) is 6.83. The maximum atomic E-state index is 12.7. The predicted molar refractivity (Wildman–Crippen MR) is 126 cm³/mol. The summed E-state index contributed by atoms with van der Waals surface area (Å²) < 4.78 is 0.512. The summed E-state index contributed by atoms with van der Waals surface area (Å²) in [6, 6.07) is 16.2. The zero-order valence-electron chi connectivity index (χ0n) is 16.5. The molecule has 2 amide bonds. The molecule has 0 aliphatic carbocycles. The highest BCUT2D eigenvalue weighted by Crippen LogP contribution is 2.32. The Hall–Kier alpha value is -2.90. The number of phenolic OH excluding ortho intramolecular Hbond substituents is 1. The van der Waals surface area contributed by atoms with Gasteiger partial charge in [-0.15, -0.1) is 0 Å². The van der Waals surface area contributed by atoms with Gasteiger partial charge in [0, 0.05) is 18.7 Å². The van der Waals surface area contributed by atoms with Crippen LogP contribution in [0.4, 0.5) is 5.69 Å². The summed E-state index contributed by atoms with van der Waals surface area (Å²) in [5.41, 5.74) is 2.66. The molecule has 0 spiro atoms. The summed E-state index contributed by atoms with van der Waals surface area (Å²) in [6.07, 6.45) is 4.64. The number of rotatable bonds is 7. The number of amides is 2. The summed E-state index contributed by atoms with van der Waals surface area (Å²) in [4.78, 5) is 26.9. The van der Waals surface area contributed by atoms with Crippen LogP contribution < -0.4 is 5.32 Å². The minimum Gasteiger partial charge on any atom is -0.508 e. The fraction of sp³-hybridized carbons (Fsp3) is 0.174. The van der Waals surface area contributed by atoms with Crippen LogP contribution in [-0.2, 0) is 9.59 Å². The number of aromatic hydroxyl groups is 1. The maximum Gasteiger partial charge on any atom is 0.266 e. The van der Waals surface area contributed by atoms with Gasteiger partial charge in [-0.3, -0.25) is 14.5 Å². The Kier molecular flexibility index (Phi) is 7.43. The van der Waals surface area contributed by atoms with Crippen LogP contribution in [0, 0.1) is 0 Å². The molecule has 1 aliphatic rings. The number of allylic oxidation sites excluding steroid dienone is 2. The molecule has 2 aromatic rings. The SMILES string of the molecule is CC(=Cc1ccccc1)C=C1SC(=S)N(CCCC(=O)Nc2ccc(O)cc2)C1=O. The highest BCUT2D eigenvalue weighted by molar-refractivity contribution is 8.26. The van der Waals surface area contributed by atoms with Gasteiger partial charge >= 0.3 is 0 Å². The van der Waals surface area contributed by atoms with Crippen molar-refractivity contribution in [1.82, 2.24) is 4.90 Å². The maximum absolute atomic E-state index is 12.7. The van der Waals surface area contributed by atoms with Crippen LogP contribution in [0.15, 0.2) is 71.2 Å². The van der Waals surface area contributed by atoms with Gasteiger partial charge in [0.05, 0.1) is 4.91 Å². The summed E-state index contributed by atoms with van der Waals surface area (Å²) in [5.74, 6) is -0.127. The third-order valence-corrected chi connectivity index (χ3v) is 5.74. The van der Waals surface area contributed by atoms with Gasteiger partial charge in [-0.25, -0.2) is 0 Å². The Balaban J connectivity index is 1.52. The summed E-state index contributed by atoms with van der Waals surface area (Å²) in [7, 11) is 0. The van der Waals surface area contributed by atoms with Crippen molar-refractivity contribution >= 4 is 51.9 Å². The number of benzene rings is 2. The quantitative estimate of drug-likeness (QED) is 0.363. The Morgan fingerprint density at radius 1 is 1.17 bits per heavy atom. The lowest BCUT2D eigenvalue weighted by molar-refractivity contribution is -0.122. The van der Waals surface area contributed by atoms with Gasteiger partial charge in [0.15, 0.2) is 0 Å². The lowest BCUT2D eigenvalue weighted by atomic mass is 10.1.